The van der Waals surface area contributed by atoms with Gasteiger partial charge in [-0.15, -0.1) is 10.2 Å². The highest BCUT2D eigenvalue weighted by Crippen LogP contribution is 2.26. The van der Waals surface area contributed by atoms with E-state index in [9.17, 15) is 4.79 Å². The fourth-order valence-electron chi connectivity index (χ4n) is 2.24. The number of anilines is 2. The Hall–Kier alpha value is -1.35. The number of hydrogen-bond donors (Lipinski definition) is 2. The lowest BCUT2D eigenvalue weighted by atomic mass is 10.2. The molecule has 0 radical (unpaired) electrons. The molecule has 1 unspecified atom stereocenters. The maximum Gasteiger partial charge on any atom is 0.234 e. The van der Waals surface area contributed by atoms with Crippen molar-refractivity contribution in [3.05, 3.63) is 29.3 Å². The van der Waals surface area contributed by atoms with Crippen molar-refractivity contribution >= 4 is 51.4 Å². The summed E-state index contributed by atoms with van der Waals surface area (Å²) >= 11 is 8.69. The molecule has 1 fully saturated rings. The van der Waals surface area contributed by atoms with Crippen LogP contribution in [0.1, 0.15) is 12.8 Å². The molecule has 1 amide bonds. The molecular formula is C15H17ClN4O2S2. The van der Waals surface area contributed by atoms with Gasteiger partial charge in [0, 0.05) is 23.9 Å². The largest absolute Gasteiger partial charge is 0.376 e. The quantitative estimate of drug-likeness (QED) is 0.711. The molecule has 0 saturated carbocycles. The lowest BCUT2D eigenvalue weighted by Crippen LogP contribution is -2.18. The van der Waals surface area contributed by atoms with E-state index in [2.05, 4.69) is 20.8 Å². The number of amides is 1. The maximum absolute atomic E-state index is 12.0. The summed E-state index contributed by atoms with van der Waals surface area (Å²) < 4.78 is 6.31. The van der Waals surface area contributed by atoms with Crippen molar-refractivity contribution in [1.82, 2.24) is 10.2 Å². The third-order valence-corrected chi connectivity index (χ3v) is 5.60. The summed E-state index contributed by atoms with van der Waals surface area (Å²) in [5, 5.41) is 15.5. The van der Waals surface area contributed by atoms with Crippen LogP contribution in [0.5, 0.6) is 0 Å². The van der Waals surface area contributed by atoms with Gasteiger partial charge in [0.2, 0.25) is 11.0 Å². The zero-order valence-corrected chi connectivity index (χ0v) is 15.2. The first kappa shape index (κ1) is 17.5. The molecule has 2 heterocycles. The summed E-state index contributed by atoms with van der Waals surface area (Å²) in [4.78, 5) is 12.0. The van der Waals surface area contributed by atoms with Crippen molar-refractivity contribution in [3.63, 3.8) is 0 Å². The minimum atomic E-state index is -0.105. The number of carbonyl (C=O) groups excluding carboxylic acids is 1. The fourth-order valence-corrected chi connectivity index (χ4v) is 3.99. The van der Waals surface area contributed by atoms with Crippen LogP contribution >= 0.6 is 34.7 Å². The average Bonchev–Trinajstić information content (AvgIpc) is 3.23. The lowest BCUT2D eigenvalue weighted by Gasteiger charge is -2.08. The van der Waals surface area contributed by atoms with E-state index in [4.69, 9.17) is 16.3 Å². The Morgan fingerprint density at radius 3 is 3.17 bits per heavy atom. The van der Waals surface area contributed by atoms with Gasteiger partial charge in [-0.3, -0.25) is 4.79 Å². The molecule has 1 aliphatic rings. The van der Waals surface area contributed by atoms with Crippen molar-refractivity contribution in [1.29, 1.82) is 0 Å². The lowest BCUT2D eigenvalue weighted by molar-refractivity contribution is -0.113. The highest BCUT2D eigenvalue weighted by atomic mass is 35.5. The first-order chi connectivity index (χ1) is 11.7. The van der Waals surface area contributed by atoms with Crippen LogP contribution in [-0.4, -0.2) is 41.1 Å². The number of nitrogens with one attached hydrogen (secondary N) is 2. The molecule has 24 heavy (non-hydrogen) atoms. The molecule has 1 saturated heterocycles. The van der Waals surface area contributed by atoms with Gasteiger partial charge < -0.3 is 15.4 Å². The summed E-state index contributed by atoms with van der Waals surface area (Å²) in [5.41, 5.74) is 0.685. The molecule has 0 bridgehead atoms. The second-order valence-electron chi connectivity index (χ2n) is 5.24. The van der Waals surface area contributed by atoms with Crippen molar-refractivity contribution < 1.29 is 9.53 Å². The van der Waals surface area contributed by atoms with E-state index in [1.54, 1.807) is 24.3 Å². The number of ether oxygens (including phenoxy) is 1. The predicted molar refractivity (Wildman–Crippen MR) is 98.2 cm³/mol. The molecule has 1 atom stereocenters. The molecule has 2 N–H and O–H groups in total. The van der Waals surface area contributed by atoms with E-state index in [1.165, 1.54) is 23.1 Å². The van der Waals surface area contributed by atoms with E-state index in [1.807, 2.05) is 0 Å². The Morgan fingerprint density at radius 2 is 2.38 bits per heavy atom. The molecule has 0 aliphatic carbocycles. The van der Waals surface area contributed by atoms with E-state index in [0.29, 0.717) is 10.7 Å². The van der Waals surface area contributed by atoms with Gasteiger partial charge in [-0.1, -0.05) is 40.8 Å². The first-order valence-electron chi connectivity index (χ1n) is 7.56. The SMILES string of the molecule is O=C(CSc1nnc(NCC2CCCO2)s1)Nc1cccc(Cl)c1. The van der Waals surface area contributed by atoms with Gasteiger partial charge in [0.1, 0.15) is 0 Å². The van der Waals surface area contributed by atoms with Gasteiger partial charge in [0.15, 0.2) is 4.34 Å². The summed E-state index contributed by atoms with van der Waals surface area (Å²) in [7, 11) is 0. The Morgan fingerprint density at radius 1 is 1.46 bits per heavy atom. The molecule has 9 heteroatoms. The fraction of sp³-hybridized carbons (Fsp3) is 0.400. The monoisotopic (exact) mass is 384 g/mol. The molecule has 3 rings (SSSR count). The van der Waals surface area contributed by atoms with Crippen LogP contribution in [0, 0.1) is 0 Å². The normalized spacial score (nSPS) is 17.0. The van der Waals surface area contributed by atoms with Crippen molar-refractivity contribution in [3.8, 4) is 0 Å². The van der Waals surface area contributed by atoms with E-state index in [0.717, 1.165) is 35.5 Å². The third kappa shape index (κ3) is 5.34. The van der Waals surface area contributed by atoms with Crippen molar-refractivity contribution in [2.45, 2.75) is 23.3 Å². The van der Waals surface area contributed by atoms with Crippen LogP contribution in [0.3, 0.4) is 0 Å². The van der Waals surface area contributed by atoms with Gasteiger partial charge in [0.05, 0.1) is 11.9 Å². The Labute approximate surface area is 153 Å². The van der Waals surface area contributed by atoms with Gasteiger partial charge >= 0.3 is 0 Å². The summed E-state index contributed by atoms with van der Waals surface area (Å²) in [6.07, 6.45) is 2.45. The molecule has 128 valence electrons. The van der Waals surface area contributed by atoms with E-state index in [-0.39, 0.29) is 17.8 Å². The standard InChI is InChI=1S/C15H17ClN4O2S2/c16-10-3-1-4-11(7-10)18-13(21)9-23-15-20-19-14(24-15)17-8-12-5-2-6-22-12/h1,3-4,7,12H,2,5-6,8-9H2,(H,17,19)(H,18,21). The molecule has 6 nitrogen and oxygen atoms in total. The van der Waals surface area contributed by atoms with Crippen LogP contribution in [0.4, 0.5) is 10.8 Å². The second-order valence-corrected chi connectivity index (χ2v) is 7.87. The van der Waals surface area contributed by atoms with Gasteiger partial charge in [-0.25, -0.2) is 0 Å². The smallest absolute Gasteiger partial charge is 0.234 e. The predicted octanol–water partition coefficient (Wildman–Crippen LogP) is 3.51. The van der Waals surface area contributed by atoms with Crippen LogP contribution in [0.25, 0.3) is 0 Å². The summed E-state index contributed by atoms with van der Waals surface area (Å²) in [6, 6.07) is 7.06. The Kier molecular flexibility index (Phi) is 6.30. The highest BCUT2D eigenvalue weighted by Gasteiger charge is 2.16. The summed E-state index contributed by atoms with van der Waals surface area (Å²) in [6.45, 7) is 1.58. The number of benzene rings is 1. The number of carbonyl (C=O) groups is 1. The first-order valence-corrected chi connectivity index (χ1v) is 9.74. The van der Waals surface area contributed by atoms with Crippen molar-refractivity contribution in [2.75, 3.05) is 29.5 Å². The molecule has 1 aromatic heterocycles. The van der Waals surface area contributed by atoms with Gasteiger partial charge in [-0.05, 0) is 31.0 Å². The second kappa shape index (κ2) is 8.66. The van der Waals surface area contributed by atoms with Crippen LogP contribution in [-0.2, 0) is 9.53 Å². The average molecular weight is 385 g/mol. The number of hydrogen-bond acceptors (Lipinski definition) is 7. The van der Waals surface area contributed by atoms with Gasteiger partial charge in [0.25, 0.3) is 0 Å². The Balaban J connectivity index is 1.42. The zero-order valence-electron chi connectivity index (χ0n) is 12.8. The number of halogens is 1. The summed E-state index contributed by atoms with van der Waals surface area (Å²) in [5.74, 6) is 0.165. The molecule has 0 spiro atoms. The van der Waals surface area contributed by atoms with E-state index >= 15 is 0 Å². The van der Waals surface area contributed by atoms with Crippen molar-refractivity contribution in [2.24, 2.45) is 0 Å². The number of thioether (sulfide) groups is 1. The minimum absolute atomic E-state index is 0.105. The van der Waals surface area contributed by atoms with Gasteiger partial charge in [-0.2, -0.15) is 0 Å². The zero-order chi connectivity index (χ0) is 16.8. The minimum Gasteiger partial charge on any atom is -0.376 e. The number of rotatable bonds is 7. The van der Waals surface area contributed by atoms with E-state index < -0.39 is 0 Å². The molecule has 2 aromatic rings. The van der Waals surface area contributed by atoms with Crippen LogP contribution in [0.2, 0.25) is 5.02 Å². The van der Waals surface area contributed by atoms with Crippen LogP contribution in [0.15, 0.2) is 28.6 Å². The molecule has 1 aromatic carbocycles. The number of nitrogens with zero attached hydrogens (tertiary/aromatic N) is 2. The molecule has 1 aliphatic heterocycles. The maximum atomic E-state index is 12.0. The van der Waals surface area contributed by atoms with Crippen LogP contribution < -0.4 is 10.6 Å². The number of aromatic nitrogens is 2. The highest BCUT2D eigenvalue weighted by molar-refractivity contribution is 8.01. The third-order valence-electron chi connectivity index (χ3n) is 3.35. The Bertz CT molecular complexity index is 692. The molecular weight excluding hydrogens is 368 g/mol. The topological polar surface area (TPSA) is 76.1 Å².